The summed E-state index contributed by atoms with van der Waals surface area (Å²) in [7, 11) is 1.60. The minimum Gasteiger partial charge on any atom is -0.383 e. The van der Waals surface area contributed by atoms with E-state index in [0.29, 0.717) is 30.4 Å². The quantitative estimate of drug-likeness (QED) is 0.623. The highest BCUT2D eigenvalue weighted by Gasteiger charge is 2.19. The number of nitrogens with one attached hydrogen (secondary N) is 2. The maximum Gasteiger partial charge on any atom is 0.264 e. The van der Waals surface area contributed by atoms with Gasteiger partial charge in [0.05, 0.1) is 12.6 Å². The van der Waals surface area contributed by atoms with Crippen molar-refractivity contribution >= 4 is 5.91 Å². The Kier molecular flexibility index (Phi) is 5.67. The molecule has 27 heavy (non-hydrogen) atoms. The lowest BCUT2D eigenvalue weighted by Gasteiger charge is -2.14. The Morgan fingerprint density at radius 2 is 2.26 bits per heavy atom. The number of hydrogen-bond acceptors (Lipinski definition) is 7. The molecule has 0 aliphatic carbocycles. The predicted molar refractivity (Wildman–Crippen MR) is 95.9 cm³/mol. The van der Waals surface area contributed by atoms with Crippen LogP contribution in [0.4, 0.5) is 0 Å². The molecular formula is C17H19N7O3. The molecule has 10 heteroatoms. The molecule has 0 spiro atoms. The maximum absolute atomic E-state index is 12.5. The first kappa shape index (κ1) is 18.4. The van der Waals surface area contributed by atoms with Crippen LogP contribution in [0.5, 0.6) is 0 Å². The lowest BCUT2D eigenvalue weighted by atomic mass is 10.2. The third-order valence-electron chi connectivity index (χ3n) is 3.90. The Balaban J connectivity index is 1.75. The number of rotatable bonds is 7. The molecule has 0 fully saturated rings. The molecule has 3 aromatic heterocycles. The summed E-state index contributed by atoms with van der Waals surface area (Å²) in [5, 5.41) is 10.6. The van der Waals surface area contributed by atoms with Gasteiger partial charge in [0.1, 0.15) is 17.7 Å². The Labute approximate surface area is 154 Å². The summed E-state index contributed by atoms with van der Waals surface area (Å²) in [6, 6.07) is 3.05. The number of aromatic nitrogens is 6. The number of methoxy groups -OCH3 is 1. The van der Waals surface area contributed by atoms with Gasteiger partial charge in [-0.2, -0.15) is 0 Å². The fraction of sp³-hybridized carbons (Fsp3) is 0.294. The summed E-state index contributed by atoms with van der Waals surface area (Å²) in [5.74, 6) is 0.365. The van der Waals surface area contributed by atoms with Crippen LogP contribution in [0.3, 0.4) is 0 Å². The van der Waals surface area contributed by atoms with Crippen molar-refractivity contribution in [3.05, 3.63) is 58.8 Å². The number of H-pyrrole nitrogens is 1. The summed E-state index contributed by atoms with van der Waals surface area (Å²) in [4.78, 5) is 35.5. The molecule has 2 N–H and O–H groups in total. The molecule has 0 bridgehead atoms. The molecule has 0 unspecified atom stereocenters. The van der Waals surface area contributed by atoms with Crippen molar-refractivity contribution in [1.29, 1.82) is 0 Å². The van der Waals surface area contributed by atoms with Gasteiger partial charge in [0.15, 0.2) is 5.82 Å². The number of pyridine rings is 1. The van der Waals surface area contributed by atoms with Crippen LogP contribution >= 0.6 is 0 Å². The van der Waals surface area contributed by atoms with Gasteiger partial charge in [0, 0.05) is 37.8 Å². The van der Waals surface area contributed by atoms with Gasteiger partial charge in [-0.15, -0.1) is 10.2 Å². The molecule has 0 aliphatic rings. The zero-order valence-electron chi connectivity index (χ0n) is 14.9. The normalized spacial score (nSPS) is 11.9. The van der Waals surface area contributed by atoms with Crippen molar-refractivity contribution in [2.24, 2.45) is 0 Å². The second-order valence-electron chi connectivity index (χ2n) is 5.79. The van der Waals surface area contributed by atoms with E-state index in [4.69, 9.17) is 4.74 Å². The highest BCUT2D eigenvalue weighted by molar-refractivity contribution is 5.93. The average molecular weight is 369 g/mol. The summed E-state index contributed by atoms with van der Waals surface area (Å²) in [6.07, 6.45) is 6.01. The second-order valence-corrected chi connectivity index (χ2v) is 5.79. The van der Waals surface area contributed by atoms with E-state index >= 15 is 0 Å². The fourth-order valence-corrected chi connectivity index (χ4v) is 2.51. The van der Waals surface area contributed by atoms with Crippen LogP contribution in [0, 0.1) is 0 Å². The largest absolute Gasteiger partial charge is 0.383 e. The fourth-order valence-electron chi connectivity index (χ4n) is 2.51. The third-order valence-corrected chi connectivity index (χ3v) is 3.90. The van der Waals surface area contributed by atoms with E-state index in [1.54, 1.807) is 49.5 Å². The van der Waals surface area contributed by atoms with E-state index in [-0.39, 0.29) is 5.56 Å². The monoisotopic (exact) mass is 369 g/mol. The number of aromatic amines is 1. The minimum atomic E-state index is -0.546. The van der Waals surface area contributed by atoms with Crippen molar-refractivity contribution in [2.75, 3.05) is 13.7 Å². The van der Waals surface area contributed by atoms with Crippen LogP contribution in [-0.4, -0.2) is 49.3 Å². The van der Waals surface area contributed by atoms with Crippen LogP contribution < -0.4 is 10.9 Å². The Hall–Kier alpha value is -3.40. The first-order valence-corrected chi connectivity index (χ1v) is 8.27. The molecule has 0 saturated heterocycles. The minimum absolute atomic E-state index is 0.0857. The zero-order valence-corrected chi connectivity index (χ0v) is 14.9. The van der Waals surface area contributed by atoms with E-state index in [9.17, 15) is 9.59 Å². The molecule has 3 heterocycles. The SMILES string of the molecule is COCCn1cnnc1[C@H](C)NC(=O)c1cnc(-c2cccnc2)[nH]c1=O. The van der Waals surface area contributed by atoms with Crippen LogP contribution in [0.25, 0.3) is 11.4 Å². The molecule has 3 rings (SSSR count). The van der Waals surface area contributed by atoms with E-state index in [2.05, 4.69) is 30.5 Å². The Morgan fingerprint density at radius 3 is 2.96 bits per heavy atom. The lowest BCUT2D eigenvalue weighted by molar-refractivity contribution is 0.0935. The predicted octanol–water partition coefficient (Wildman–Crippen LogP) is 0.561. The third kappa shape index (κ3) is 4.23. The van der Waals surface area contributed by atoms with Crippen LogP contribution in [0.1, 0.15) is 29.1 Å². The number of nitrogens with zero attached hydrogens (tertiary/aromatic N) is 5. The van der Waals surface area contributed by atoms with Gasteiger partial charge >= 0.3 is 0 Å². The molecule has 1 atom stereocenters. The second kappa shape index (κ2) is 8.32. The van der Waals surface area contributed by atoms with Crippen molar-refractivity contribution < 1.29 is 9.53 Å². The first-order chi connectivity index (χ1) is 13.1. The molecule has 0 aromatic carbocycles. The van der Waals surface area contributed by atoms with Gasteiger partial charge < -0.3 is 19.6 Å². The first-order valence-electron chi connectivity index (χ1n) is 8.27. The number of carbonyl (C=O) groups excluding carboxylic acids is 1. The van der Waals surface area contributed by atoms with E-state index < -0.39 is 17.5 Å². The topological polar surface area (TPSA) is 128 Å². The summed E-state index contributed by atoms with van der Waals surface area (Å²) >= 11 is 0. The summed E-state index contributed by atoms with van der Waals surface area (Å²) < 4.78 is 6.82. The van der Waals surface area contributed by atoms with Crippen molar-refractivity contribution in [1.82, 2.24) is 35.0 Å². The van der Waals surface area contributed by atoms with Crippen molar-refractivity contribution in [3.8, 4) is 11.4 Å². The standard InChI is InChI=1S/C17H19N7O3/c1-11(15-23-20-10-24(15)6-7-27-2)21-16(25)13-9-19-14(22-17(13)26)12-4-3-5-18-8-12/h3-5,8-11H,6-7H2,1-2H3,(H,21,25)(H,19,22,26)/t11-/m0/s1. The highest BCUT2D eigenvalue weighted by atomic mass is 16.5. The molecule has 0 aliphatic heterocycles. The van der Waals surface area contributed by atoms with Crippen molar-refractivity contribution in [3.63, 3.8) is 0 Å². The number of hydrogen-bond donors (Lipinski definition) is 2. The maximum atomic E-state index is 12.5. The van der Waals surface area contributed by atoms with Gasteiger partial charge in [-0.1, -0.05) is 0 Å². The van der Waals surface area contributed by atoms with Gasteiger partial charge in [-0.3, -0.25) is 14.6 Å². The number of amides is 1. The lowest BCUT2D eigenvalue weighted by Crippen LogP contribution is -2.33. The zero-order chi connectivity index (χ0) is 19.2. The van der Waals surface area contributed by atoms with Gasteiger partial charge in [0.25, 0.3) is 11.5 Å². The molecule has 0 saturated carbocycles. The van der Waals surface area contributed by atoms with Crippen molar-refractivity contribution in [2.45, 2.75) is 19.5 Å². The number of ether oxygens (including phenoxy) is 1. The van der Waals surface area contributed by atoms with E-state index in [1.807, 2.05) is 0 Å². The molecule has 140 valence electrons. The Bertz CT molecular complexity index is 968. The molecule has 10 nitrogen and oxygen atoms in total. The van der Waals surface area contributed by atoms with Gasteiger partial charge in [-0.05, 0) is 19.1 Å². The van der Waals surface area contributed by atoms with Gasteiger partial charge in [-0.25, -0.2) is 4.98 Å². The molecule has 0 radical (unpaired) electrons. The van der Waals surface area contributed by atoms with E-state index in [1.165, 1.54) is 6.20 Å². The summed E-state index contributed by atoms with van der Waals surface area (Å²) in [6.45, 7) is 2.81. The molecular weight excluding hydrogens is 350 g/mol. The summed E-state index contributed by atoms with van der Waals surface area (Å²) in [5.41, 5.74) is 0.0352. The molecule has 3 aromatic rings. The average Bonchev–Trinajstić information content (AvgIpc) is 3.15. The van der Waals surface area contributed by atoms with E-state index in [0.717, 1.165) is 0 Å². The smallest absolute Gasteiger partial charge is 0.264 e. The Morgan fingerprint density at radius 1 is 1.41 bits per heavy atom. The van der Waals surface area contributed by atoms with Crippen LogP contribution in [0.15, 0.2) is 41.8 Å². The van der Waals surface area contributed by atoms with Crippen LogP contribution in [0.2, 0.25) is 0 Å². The highest BCUT2D eigenvalue weighted by Crippen LogP contribution is 2.12. The van der Waals surface area contributed by atoms with Crippen LogP contribution in [-0.2, 0) is 11.3 Å². The molecule has 1 amide bonds. The van der Waals surface area contributed by atoms with Gasteiger partial charge in [0.2, 0.25) is 0 Å². The number of carbonyl (C=O) groups is 1.